The minimum absolute atomic E-state index is 0.0539. The molecule has 0 aliphatic carbocycles. The molecule has 0 aromatic heterocycles. The molecule has 154 valence electrons. The fourth-order valence-electron chi connectivity index (χ4n) is 2.55. The molecule has 2 aromatic rings. The number of hydrogen-bond acceptors (Lipinski definition) is 5. The number of alkyl halides is 3. The lowest BCUT2D eigenvalue weighted by Gasteiger charge is -2.14. The predicted molar refractivity (Wildman–Crippen MR) is 103 cm³/mol. The molecule has 0 spiro atoms. The maximum atomic E-state index is 13.2. The van der Waals surface area contributed by atoms with E-state index >= 15 is 0 Å². The Morgan fingerprint density at radius 3 is 2.34 bits per heavy atom. The molecular weight excluding hydrogens is 387 g/mol. The van der Waals surface area contributed by atoms with Crippen molar-refractivity contribution in [3.05, 3.63) is 70.8 Å². The quantitative estimate of drug-likeness (QED) is 0.563. The van der Waals surface area contributed by atoms with Crippen LogP contribution in [0.1, 0.15) is 29.2 Å². The molecule has 6 nitrogen and oxygen atoms in total. The van der Waals surface area contributed by atoms with Crippen molar-refractivity contribution in [3.63, 3.8) is 0 Å². The summed E-state index contributed by atoms with van der Waals surface area (Å²) in [5.41, 5.74) is 0.107. The van der Waals surface area contributed by atoms with Crippen LogP contribution in [0.3, 0.4) is 0 Å². The van der Waals surface area contributed by atoms with Crippen molar-refractivity contribution < 1.29 is 27.6 Å². The first-order chi connectivity index (χ1) is 13.8. The monoisotopic (exact) mass is 407 g/mol. The highest BCUT2D eigenvalue weighted by Crippen LogP contribution is 2.30. The first kappa shape index (κ1) is 21.9. The number of amides is 1. The van der Waals surface area contributed by atoms with Gasteiger partial charge in [0.15, 0.2) is 5.71 Å². The topological polar surface area (TPSA) is 72.3 Å². The Balaban J connectivity index is 2.71. The highest BCUT2D eigenvalue weighted by Gasteiger charge is 2.31. The Kier molecular flexibility index (Phi) is 7.35. The summed E-state index contributed by atoms with van der Waals surface area (Å²) < 4.78 is 39.6. The highest BCUT2D eigenvalue weighted by atomic mass is 19.4. The van der Waals surface area contributed by atoms with Gasteiger partial charge in [0, 0.05) is 23.7 Å². The summed E-state index contributed by atoms with van der Waals surface area (Å²) in [4.78, 5) is 22.2. The average molecular weight is 407 g/mol. The largest absolute Gasteiger partial charge is 0.416 e. The Morgan fingerprint density at radius 1 is 1.07 bits per heavy atom. The van der Waals surface area contributed by atoms with Gasteiger partial charge in [-0.15, -0.1) is 0 Å². The minimum atomic E-state index is -4.52. The summed E-state index contributed by atoms with van der Waals surface area (Å²) in [5.74, 6) is -0.529. The third-order valence-electron chi connectivity index (χ3n) is 3.81. The summed E-state index contributed by atoms with van der Waals surface area (Å²) in [5, 5.41) is 10.2. The SMILES string of the molecule is CCON=C(c1cccc(C(F)(F)F)c1)c1ccccc1C(=NOC)C(=O)NC. The van der Waals surface area contributed by atoms with Gasteiger partial charge in [-0.2, -0.15) is 13.2 Å². The lowest BCUT2D eigenvalue weighted by Crippen LogP contribution is -2.30. The van der Waals surface area contributed by atoms with Crippen molar-refractivity contribution in [2.24, 2.45) is 10.3 Å². The maximum Gasteiger partial charge on any atom is 0.416 e. The van der Waals surface area contributed by atoms with Gasteiger partial charge < -0.3 is 15.0 Å². The van der Waals surface area contributed by atoms with Crippen LogP contribution >= 0.6 is 0 Å². The third kappa shape index (κ3) is 5.34. The second-order valence-electron chi connectivity index (χ2n) is 5.68. The molecule has 29 heavy (non-hydrogen) atoms. The summed E-state index contributed by atoms with van der Waals surface area (Å²) in [7, 11) is 2.71. The van der Waals surface area contributed by atoms with Crippen LogP contribution in [0.15, 0.2) is 58.8 Å². The van der Waals surface area contributed by atoms with Gasteiger partial charge in [0.2, 0.25) is 0 Å². The molecule has 9 heteroatoms. The van der Waals surface area contributed by atoms with E-state index in [1.165, 1.54) is 26.3 Å². The summed E-state index contributed by atoms with van der Waals surface area (Å²) in [6.45, 7) is 1.90. The Bertz CT molecular complexity index is 924. The van der Waals surface area contributed by atoms with Gasteiger partial charge in [0.05, 0.1) is 5.56 Å². The van der Waals surface area contributed by atoms with Gasteiger partial charge in [-0.25, -0.2) is 0 Å². The van der Waals surface area contributed by atoms with E-state index in [0.717, 1.165) is 12.1 Å². The Morgan fingerprint density at radius 2 is 1.76 bits per heavy atom. The lowest BCUT2D eigenvalue weighted by molar-refractivity contribution is -0.137. The number of hydrogen-bond donors (Lipinski definition) is 1. The first-order valence-corrected chi connectivity index (χ1v) is 8.64. The van der Waals surface area contributed by atoms with Gasteiger partial charge >= 0.3 is 6.18 Å². The van der Waals surface area contributed by atoms with Crippen LogP contribution in [-0.4, -0.2) is 38.1 Å². The Hall–Kier alpha value is -3.36. The van der Waals surface area contributed by atoms with Crippen molar-refractivity contribution in [2.75, 3.05) is 20.8 Å². The molecule has 2 aromatic carbocycles. The second-order valence-corrected chi connectivity index (χ2v) is 5.68. The number of nitrogens with one attached hydrogen (secondary N) is 1. The number of halogens is 3. The molecule has 0 saturated carbocycles. The molecule has 1 amide bonds. The average Bonchev–Trinajstić information content (AvgIpc) is 2.72. The van der Waals surface area contributed by atoms with Crippen LogP contribution in [0, 0.1) is 0 Å². The molecule has 2 rings (SSSR count). The zero-order chi connectivity index (χ0) is 21.4. The summed E-state index contributed by atoms with van der Waals surface area (Å²) in [6.07, 6.45) is -4.52. The first-order valence-electron chi connectivity index (χ1n) is 8.64. The van der Waals surface area contributed by atoms with Crippen LogP contribution in [0.4, 0.5) is 13.2 Å². The highest BCUT2D eigenvalue weighted by molar-refractivity contribution is 6.46. The van der Waals surface area contributed by atoms with Crippen molar-refractivity contribution in [1.82, 2.24) is 5.32 Å². The normalized spacial score (nSPS) is 12.5. The van der Waals surface area contributed by atoms with Crippen LogP contribution in [0.25, 0.3) is 0 Å². The van der Waals surface area contributed by atoms with Crippen molar-refractivity contribution in [3.8, 4) is 0 Å². The van der Waals surface area contributed by atoms with Crippen LogP contribution in [0.2, 0.25) is 0 Å². The van der Waals surface area contributed by atoms with Crippen molar-refractivity contribution >= 4 is 17.3 Å². The minimum Gasteiger partial charge on any atom is -0.398 e. The number of oxime groups is 2. The van der Waals surface area contributed by atoms with Gasteiger partial charge in [0.1, 0.15) is 19.4 Å². The zero-order valence-electron chi connectivity index (χ0n) is 16.1. The molecule has 0 saturated heterocycles. The van der Waals surface area contributed by atoms with E-state index in [0.29, 0.717) is 11.1 Å². The van der Waals surface area contributed by atoms with E-state index in [1.54, 1.807) is 31.2 Å². The second kappa shape index (κ2) is 9.72. The van der Waals surface area contributed by atoms with Gasteiger partial charge in [0.25, 0.3) is 5.91 Å². The standard InChI is InChI=1S/C20H20F3N3O3/c1-4-29-26-17(13-8-7-9-14(12-13)20(21,22)23)15-10-5-6-11-16(15)18(25-28-3)19(27)24-2/h5-12H,4H2,1-3H3,(H,24,27). The number of rotatable bonds is 7. The van der Waals surface area contributed by atoms with Crippen molar-refractivity contribution in [2.45, 2.75) is 13.1 Å². The third-order valence-corrected chi connectivity index (χ3v) is 3.81. The molecule has 0 heterocycles. The van der Waals surface area contributed by atoms with Gasteiger partial charge in [-0.3, -0.25) is 4.79 Å². The summed E-state index contributed by atoms with van der Waals surface area (Å²) in [6, 6.07) is 11.2. The molecule has 0 atom stereocenters. The molecule has 0 bridgehead atoms. The lowest BCUT2D eigenvalue weighted by atomic mass is 9.94. The summed E-state index contributed by atoms with van der Waals surface area (Å²) >= 11 is 0. The van der Waals surface area contributed by atoms with Gasteiger partial charge in [-0.05, 0) is 19.1 Å². The van der Waals surface area contributed by atoms with Crippen molar-refractivity contribution in [1.29, 1.82) is 0 Å². The number of benzene rings is 2. The number of likely N-dealkylation sites (N-methyl/N-ethyl adjacent to an activating group) is 1. The van der Waals surface area contributed by atoms with E-state index < -0.39 is 17.6 Å². The predicted octanol–water partition coefficient (Wildman–Crippen LogP) is 3.59. The number of carbonyl (C=O) groups excluding carboxylic acids is 1. The molecule has 1 N–H and O–H groups in total. The Labute approximate surface area is 166 Å². The van der Waals surface area contributed by atoms with E-state index in [1.807, 2.05) is 0 Å². The molecule has 0 fully saturated rings. The van der Waals surface area contributed by atoms with E-state index in [9.17, 15) is 18.0 Å². The van der Waals surface area contributed by atoms with Crippen LogP contribution < -0.4 is 5.32 Å². The number of nitrogens with zero attached hydrogens (tertiary/aromatic N) is 2. The van der Waals surface area contributed by atoms with E-state index in [2.05, 4.69) is 15.6 Å². The molecule has 0 unspecified atom stereocenters. The molecule has 0 aliphatic heterocycles. The fraction of sp³-hybridized carbons (Fsp3) is 0.250. The van der Waals surface area contributed by atoms with E-state index in [-0.39, 0.29) is 23.6 Å². The van der Waals surface area contributed by atoms with Crippen LogP contribution in [0.5, 0.6) is 0 Å². The molecule has 0 radical (unpaired) electrons. The molecular formula is C20H20F3N3O3. The van der Waals surface area contributed by atoms with E-state index in [4.69, 9.17) is 9.68 Å². The molecule has 0 aliphatic rings. The zero-order valence-corrected chi connectivity index (χ0v) is 16.1. The smallest absolute Gasteiger partial charge is 0.398 e. The van der Waals surface area contributed by atoms with Crippen LogP contribution in [-0.2, 0) is 20.6 Å². The fourth-order valence-corrected chi connectivity index (χ4v) is 2.55. The maximum absolute atomic E-state index is 13.2. The van der Waals surface area contributed by atoms with Gasteiger partial charge in [-0.1, -0.05) is 46.7 Å². The number of carbonyl (C=O) groups is 1.